The number of methoxy groups -OCH3 is 1. The number of anilines is 1. The van der Waals surface area contributed by atoms with Crippen LogP contribution in [0.5, 0.6) is 11.5 Å². The Bertz CT molecular complexity index is 1260. The Hall–Kier alpha value is -3.07. The molecule has 0 aliphatic carbocycles. The number of aromatic hydroxyl groups is 1. The number of amides is 4. The number of halogens is 2. The van der Waals surface area contributed by atoms with E-state index in [4.69, 9.17) is 4.74 Å². The summed E-state index contributed by atoms with van der Waals surface area (Å²) in [6, 6.07) is 7.17. The van der Waals surface area contributed by atoms with E-state index in [0.29, 0.717) is 20.8 Å². The summed E-state index contributed by atoms with van der Waals surface area (Å²) in [6.45, 7) is 0. The average Bonchev–Trinajstić information content (AvgIpc) is 3.44. The van der Waals surface area contributed by atoms with E-state index in [9.17, 15) is 23.9 Å². The number of urea groups is 1. The maximum absolute atomic E-state index is 14.6. The number of benzene rings is 2. The van der Waals surface area contributed by atoms with Gasteiger partial charge in [0.2, 0.25) is 5.91 Å². The van der Waals surface area contributed by atoms with Crippen molar-refractivity contribution in [2.45, 2.75) is 43.0 Å². The third-order valence-corrected chi connectivity index (χ3v) is 8.57. The number of carbonyl (C=O) groups excluding carboxylic acids is 3. The van der Waals surface area contributed by atoms with Gasteiger partial charge in [0.25, 0.3) is 5.91 Å². The smallest absolute Gasteiger partial charge is 0.315 e. The third kappa shape index (κ3) is 6.87. The van der Waals surface area contributed by atoms with Gasteiger partial charge in [-0.3, -0.25) is 9.59 Å². The molecular formula is C25H27FIN5O5S. The van der Waals surface area contributed by atoms with Crippen molar-refractivity contribution in [3.05, 3.63) is 50.8 Å². The van der Waals surface area contributed by atoms with Crippen molar-refractivity contribution in [2.24, 2.45) is 5.10 Å². The van der Waals surface area contributed by atoms with Crippen molar-refractivity contribution in [1.82, 2.24) is 16.1 Å². The number of hydrazone groups is 1. The first-order valence-corrected chi connectivity index (χ1v) is 14.1. The summed E-state index contributed by atoms with van der Waals surface area (Å²) in [6.07, 6.45) is 3.97. The zero-order chi connectivity index (χ0) is 27.2. The molecule has 3 atom stereocenters. The molecule has 10 nitrogen and oxygen atoms in total. The molecular weight excluding hydrogens is 628 g/mol. The van der Waals surface area contributed by atoms with E-state index in [1.807, 2.05) is 34.4 Å². The van der Waals surface area contributed by atoms with Gasteiger partial charge in [0.1, 0.15) is 5.82 Å². The SMILES string of the molecule is COc1cc(/C=N/NC(=O)c2ccc(NC(=O)CCCCC3SCC4NC(=O)N[C@@H]43)c(F)c2)cc(I)c1O. The number of nitrogens with one attached hydrogen (secondary N) is 4. The van der Waals surface area contributed by atoms with Crippen LogP contribution in [0.25, 0.3) is 0 Å². The van der Waals surface area contributed by atoms with E-state index < -0.39 is 11.7 Å². The van der Waals surface area contributed by atoms with Crippen molar-refractivity contribution in [3.8, 4) is 11.5 Å². The molecule has 0 bridgehead atoms. The van der Waals surface area contributed by atoms with Crippen LogP contribution < -0.4 is 26.1 Å². The fourth-order valence-corrected chi connectivity index (χ4v) is 6.47. The van der Waals surface area contributed by atoms with Gasteiger partial charge in [0.15, 0.2) is 11.5 Å². The van der Waals surface area contributed by atoms with Crippen LogP contribution in [0.3, 0.4) is 0 Å². The van der Waals surface area contributed by atoms with Gasteiger partial charge in [0.05, 0.1) is 34.7 Å². The Balaban J connectivity index is 1.22. The minimum atomic E-state index is -0.731. The molecule has 4 amide bonds. The minimum Gasteiger partial charge on any atom is -0.504 e. The first kappa shape index (κ1) is 28.0. The van der Waals surface area contributed by atoms with Gasteiger partial charge in [-0.2, -0.15) is 16.9 Å². The van der Waals surface area contributed by atoms with E-state index in [1.54, 1.807) is 12.1 Å². The highest BCUT2D eigenvalue weighted by molar-refractivity contribution is 14.1. The Morgan fingerprint density at radius 2 is 2.11 bits per heavy atom. The first-order valence-electron chi connectivity index (χ1n) is 11.9. The number of thioether (sulfide) groups is 1. The highest BCUT2D eigenvalue weighted by Crippen LogP contribution is 2.33. The number of phenolic OH excluding ortho intramolecular Hbond substituents is 1. The lowest BCUT2D eigenvalue weighted by Crippen LogP contribution is -2.36. The van der Waals surface area contributed by atoms with Gasteiger partial charge in [-0.1, -0.05) is 6.42 Å². The van der Waals surface area contributed by atoms with Crippen LogP contribution in [0, 0.1) is 9.39 Å². The molecule has 2 aliphatic rings. The van der Waals surface area contributed by atoms with E-state index in [2.05, 4.69) is 26.5 Å². The monoisotopic (exact) mass is 655 g/mol. The minimum absolute atomic E-state index is 0.00486. The first-order chi connectivity index (χ1) is 18.2. The van der Waals surface area contributed by atoms with Crippen LogP contribution in [0.15, 0.2) is 35.4 Å². The lowest BCUT2D eigenvalue weighted by Gasteiger charge is -2.16. The summed E-state index contributed by atoms with van der Waals surface area (Å²) in [4.78, 5) is 36.1. The van der Waals surface area contributed by atoms with E-state index in [0.717, 1.165) is 24.7 Å². The van der Waals surface area contributed by atoms with Gasteiger partial charge in [-0.05, 0) is 71.3 Å². The molecule has 38 heavy (non-hydrogen) atoms. The Labute approximate surface area is 236 Å². The largest absolute Gasteiger partial charge is 0.504 e. The van der Waals surface area contributed by atoms with Crippen LogP contribution in [0.4, 0.5) is 14.9 Å². The maximum atomic E-state index is 14.6. The Morgan fingerprint density at radius 1 is 1.29 bits per heavy atom. The fraction of sp³-hybridized carbons (Fsp3) is 0.360. The molecule has 2 heterocycles. The van der Waals surface area contributed by atoms with Gasteiger partial charge in [-0.15, -0.1) is 0 Å². The van der Waals surface area contributed by atoms with Crippen molar-refractivity contribution >= 4 is 64.1 Å². The van der Waals surface area contributed by atoms with Crippen molar-refractivity contribution in [1.29, 1.82) is 0 Å². The predicted octanol–water partition coefficient (Wildman–Crippen LogP) is 3.57. The van der Waals surface area contributed by atoms with Gasteiger partial charge in [0, 0.05) is 23.0 Å². The summed E-state index contributed by atoms with van der Waals surface area (Å²) in [5.41, 5.74) is 2.94. The van der Waals surface area contributed by atoms with E-state index in [-0.39, 0.29) is 53.2 Å². The summed E-state index contributed by atoms with van der Waals surface area (Å²) in [7, 11) is 1.43. The quantitative estimate of drug-likeness (QED) is 0.0872. The standard InChI is InChI=1S/C25H27FIN5O5S/c1-37-19-9-13(8-16(27)23(19)34)11-28-32-24(35)14-6-7-17(15(26)10-14)29-21(33)5-3-2-4-20-22-18(12-38-20)30-25(36)31-22/h6-11,18,20,22,34H,2-5,12H2,1H3,(H,29,33)(H,32,35)(H2,30,31,36)/b28-11+/t18?,20?,22-/m0/s1. The lowest BCUT2D eigenvalue weighted by atomic mass is 10.0. The molecule has 5 N–H and O–H groups in total. The molecule has 2 aliphatic heterocycles. The van der Waals surface area contributed by atoms with Gasteiger partial charge in [-0.25, -0.2) is 14.6 Å². The highest BCUT2D eigenvalue weighted by atomic mass is 127. The third-order valence-electron chi connectivity index (χ3n) is 6.24. The molecule has 2 saturated heterocycles. The number of fused-ring (bicyclic) bond motifs is 1. The molecule has 4 rings (SSSR count). The number of nitrogens with zero attached hydrogens (tertiary/aromatic N) is 1. The van der Waals surface area contributed by atoms with Crippen LogP contribution in [0.1, 0.15) is 41.6 Å². The molecule has 2 unspecified atom stereocenters. The van der Waals surface area contributed by atoms with Crippen LogP contribution in [-0.2, 0) is 4.79 Å². The topological polar surface area (TPSA) is 141 Å². The normalized spacial score (nSPS) is 20.1. The summed E-state index contributed by atoms with van der Waals surface area (Å²) in [5.74, 6) is -0.494. The number of carbonyl (C=O) groups is 3. The highest BCUT2D eigenvalue weighted by Gasteiger charge is 2.42. The van der Waals surface area contributed by atoms with Crippen LogP contribution >= 0.6 is 34.4 Å². The van der Waals surface area contributed by atoms with E-state index in [1.165, 1.54) is 25.5 Å². The second kappa shape index (κ2) is 12.7. The molecule has 2 aromatic rings. The molecule has 0 saturated carbocycles. The van der Waals surface area contributed by atoms with Gasteiger partial charge >= 0.3 is 6.03 Å². The number of ether oxygens (including phenoxy) is 1. The predicted molar refractivity (Wildman–Crippen MR) is 151 cm³/mol. The molecule has 2 aromatic carbocycles. The summed E-state index contributed by atoms with van der Waals surface area (Å²) >= 11 is 3.77. The molecule has 202 valence electrons. The van der Waals surface area contributed by atoms with Crippen molar-refractivity contribution in [2.75, 3.05) is 18.2 Å². The van der Waals surface area contributed by atoms with Crippen LogP contribution in [-0.4, -0.2) is 59.4 Å². The number of phenols is 1. The number of unbranched alkanes of at least 4 members (excludes halogenated alkanes) is 1. The molecule has 0 radical (unpaired) electrons. The van der Waals surface area contributed by atoms with Gasteiger partial charge < -0.3 is 25.8 Å². The van der Waals surface area contributed by atoms with Crippen molar-refractivity contribution < 1.29 is 28.6 Å². The van der Waals surface area contributed by atoms with E-state index >= 15 is 0 Å². The molecule has 0 spiro atoms. The second-order valence-electron chi connectivity index (χ2n) is 8.86. The maximum Gasteiger partial charge on any atom is 0.315 e. The van der Waals surface area contributed by atoms with Crippen molar-refractivity contribution in [3.63, 3.8) is 0 Å². The second-order valence-corrected chi connectivity index (χ2v) is 11.3. The molecule has 13 heteroatoms. The fourth-order valence-electron chi connectivity index (χ4n) is 4.30. The Morgan fingerprint density at radius 3 is 2.87 bits per heavy atom. The number of hydrogen-bond acceptors (Lipinski definition) is 7. The zero-order valence-electron chi connectivity index (χ0n) is 20.4. The zero-order valence-corrected chi connectivity index (χ0v) is 23.4. The average molecular weight is 655 g/mol. The lowest BCUT2D eigenvalue weighted by molar-refractivity contribution is -0.116. The summed E-state index contributed by atoms with van der Waals surface area (Å²) in [5, 5.41) is 22.5. The number of rotatable bonds is 10. The number of hydrogen-bond donors (Lipinski definition) is 5. The van der Waals surface area contributed by atoms with Crippen LogP contribution in [0.2, 0.25) is 0 Å². The summed E-state index contributed by atoms with van der Waals surface area (Å²) < 4.78 is 20.2. The molecule has 0 aromatic heterocycles. The Kier molecular flexibility index (Phi) is 9.31. The molecule has 2 fully saturated rings.